The smallest absolute Gasteiger partial charge is 0.0643 e. The predicted octanol–water partition coefficient (Wildman–Crippen LogP) is 4.43. The molecule has 114 valence electrons. The summed E-state index contributed by atoms with van der Waals surface area (Å²) in [5, 5.41) is 8.23. The minimum atomic E-state index is 0.278. The Bertz CT molecular complexity index is 589. The maximum atomic E-state index is 4.67. The molecule has 0 spiro atoms. The molecular formula is C17H24BrN3. The second-order valence-electron chi connectivity index (χ2n) is 5.72. The van der Waals surface area contributed by atoms with E-state index in [-0.39, 0.29) is 6.04 Å². The van der Waals surface area contributed by atoms with Crippen LogP contribution in [0.25, 0.3) is 0 Å². The summed E-state index contributed by atoms with van der Waals surface area (Å²) in [5.41, 5.74) is 3.69. The van der Waals surface area contributed by atoms with Crippen molar-refractivity contribution in [3.8, 4) is 0 Å². The maximum absolute atomic E-state index is 4.67. The molecule has 0 bridgehead atoms. The van der Waals surface area contributed by atoms with Crippen molar-refractivity contribution >= 4 is 15.9 Å². The standard InChI is InChI=1S/C17H24BrN3/c1-5-19-17(15-7-6-13(4)10-16(15)18)11-14-8-9-21(20-14)12(2)3/h6-10,12,17,19H,5,11H2,1-4H3. The SMILES string of the molecule is CCNC(Cc1ccn(C(C)C)n1)c1ccc(C)cc1Br. The van der Waals surface area contributed by atoms with Crippen LogP contribution in [0.4, 0.5) is 0 Å². The summed E-state index contributed by atoms with van der Waals surface area (Å²) >= 11 is 3.69. The zero-order chi connectivity index (χ0) is 15.4. The molecule has 0 radical (unpaired) electrons. The highest BCUT2D eigenvalue weighted by Gasteiger charge is 2.16. The molecule has 0 aliphatic carbocycles. The minimum absolute atomic E-state index is 0.278. The number of aryl methyl sites for hydroxylation is 1. The van der Waals surface area contributed by atoms with Crippen LogP contribution in [0, 0.1) is 6.92 Å². The largest absolute Gasteiger partial charge is 0.310 e. The molecule has 0 aliphatic rings. The first-order valence-electron chi connectivity index (χ1n) is 7.54. The highest BCUT2D eigenvalue weighted by atomic mass is 79.9. The van der Waals surface area contributed by atoms with Gasteiger partial charge in [-0.15, -0.1) is 0 Å². The lowest BCUT2D eigenvalue weighted by Gasteiger charge is -2.19. The van der Waals surface area contributed by atoms with E-state index in [0.29, 0.717) is 6.04 Å². The van der Waals surface area contributed by atoms with Gasteiger partial charge in [0.05, 0.1) is 5.69 Å². The first-order valence-corrected chi connectivity index (χ1v) is 8.34. The number of hydrogen-bond acceptors (Lipinski definition) is 2. The topological polar surface area (TPSA) is 29.9 Å². The fraction of sp³-hybridized carbons (Fsp3) is 0.471. The van der Waals surface area contributed by atoms with Crippen LogP contribution in [0.2, 0.25) is 0 Å². The lowest BCUT2D eigenvalue weighted by Crippen LogP contribution is -2.23. The Kier molecular flexibility index (Phi) is 5.59. The van der Waals surface area contributed by atoms with Crippen molar-refractivity contribution in [2.24, 2.45) is 0 Å². The Hall–Kier alpha value is -1.13. The molecule has 2 rings (SSSR count). The number of benzene rings is 1. The molecule has 1 atom stereocenters. The van der Waals surface area contributed by atoms with Crippen LogP contribution < -0.4 is 5.32 Å². The van der Waals surface area contributed by atoms with E-state index in [2.05, 4.69) is 84.5 Å². The lowest BCUT2D eigenvalue weighted by atomic mass is 10.0. The summed E-state index contributed by atoms with van der Waals surface area (Å²) in [7, 11) is 0. The third-order valence-electron chi connectivity index (χ3n) is 3.59. The molecule has 0 saturated carbocycles. The Balaban J connectivity index is 2.21. The van der Waals surface area contributed by atoms with Gasteiger partial charge in [-0.05, 0) is 50.6 Å². The van der Waals surface area contributed by atoms with E-state index in [1.54, 1.807) is 0 Å². The summed E-state index contributed by atoms with van der Waals surface area (Å²) < 4.78 is 3.18. The van der Waals surface area contributed by atoms with Crippen LogP contribution >= 0.6 is 15.9 Å². The van der Waals surface area contributed by atoms with E-state index in [0.717, 1.165) is 23.1 Å². The van der Waals surface area contributed by atoms with Gasteiger partial charge in [-0.25, -0.2) is 0 Å². The highest BCUT2D eigenvalue weighted by molar-refractivity contribution is 9.10. The van der Waals surface area contributed by atoms with Gasteiger partial charge in [-0.2, -0.15) is 5.10 Å². The van der Waals surface area contributed by atoms with Gasteiger partial charge in [0.25, 0.3) is 0 Å². The van der Waals surface area contributed by atoms with Crippen LogP contribution in [0.3, 0.4) is 0 Å². The van der Waals surface area contributed by atoms with E-state index in [1.165, 1.54) is 11.1 Å². The van der Waals surface area contributed by atoms with Crippen molar-refractivity contribution in [3.05, 3.63) is 51.8 Å². The third-order valence-corrected chi connectivity index (χ3v) is 4.27. The van der Waals surface area contributed by atoms with Crippen LogP contribution in [-0.4, -0.2) is 16.3 Å². The van der Waals surface area contributed by atoms with Crippen molar-refractivity contribution in [1.29, 1.82) is 0 Å². The molecule has 1 aromatic carbocycles. The normalized spacial score (nSPS) is 12.9. The number of likely N-dealkylation sites (N-methyl/N-ethyl adjacent to an activating group) is 1. The summed E-state index contributed by atoms with van der Waals surface area (Å²) in [6, 6.07) is 9.34. The number of halogens is 1. The van der Waals surface area contributed by atoms with Crippen molar-refractivity contribution in [1.82, 2.24) is 15.1 Å². The molecule has 1 aromatic heterocycles. The molecule has 2 aromatic rings. The van der Waals surface area contributed by atoms with Crippen LogP contribution in [0.15, 0.2) is 34.9 Å². The zero-order valence-electron chi connectivity index (χ0n) is 13.2. The van der Waals surface area contributed by atoms with Gasteiger partial charge in [0.1, 0.15) is 0 Å². The van der Waals surface area contributed by atoms with Crippen LogP contribution in [0.5, 0.6) is 0 Å². The summed E-state index contributed by atoms with van der Waals surface area (Å²) in [4.78, 5) is 0. The van der Waals surface area contributed by atoms with E-state index in [1.807, 2.05) is 4.68 Å². The first-order chi connectivity index (χ1) is 10.0. The van der Waals surface area contributed by atoms with Gasteiger partial charge in [0, 0.05) is 29.2 Å². The van der Waals surface area contributed by atoms with Gasteiger partial charge in [-0.3, -0.25) is 4.68 Å². The quantitative estimate of drug-likeness (QED) is 0.835. The van der Waals surface area contributed by atoms with Crippen molar-refractivity contribution < 1.29 is 0 Å². The molecule has 0 amide bonds. The fourth-order valence-electron chi connectivity index (χ4n) is 2.44. The van der Waals surface area contributed by atoms with Crippen molar-refractivity contribution in [2.75, 3.05) is 6.54 Å². The number of aromatic nitrogens is 2. The molecule has 1 unspecified atom stereocenters. The molecule has 21 heavy (non-hydrogen) atoms. The monoisotopic (exact) mass is 349 g/mol. The summed E-state index contributed by atoms with van der Waals surface area (Å²) in [6.07, 6.45) is 2.96. The Morgan fingerprint density at radius 3 is 2.62 bits per heavy atom. The van der Waals surface area contributed by atoms with Gasteiger partial charge < -0.3 is 5.32 Å². The maximum Gasteiger partial charge on any atom is 0.0643 e. The molecule has 4 heteroatoms. The van der Waals surface area contributed by atoms with Gasteiger partial charge in [0.2, 0.25) is 0 Å². The van der Waals surface area contributed by atoms with Gasteiger partial charge in [-0.1, -0.05) is 35.0 Å². The molecule has 1 N–H and O–H groups in total. The molecule has 0 saturated heterocycles. The lowest BCUT2D eigenvalue weighted by molar-refractivity contribution is 0.506. The van der Waals surface area contributed by atoms with E-state index < -0.39 is 0 Å². The molecular weight excluding hydrogens is 326 g/mol. The van der Waals surface area contributed by atoms with Crippen molar-refractivity contribution in [3.63, 3.8) is 0 Å². The summed E-state index contributed by atoms with van der Waals surface area (Å²) in [5.74, 6) is 0. The summed E-state index contributed by atoms with van der Waals surface area (Å²) in [6.45, 7) is 9.49. The number of rotatable bonds is 6. The Labute approximate surface area is 135 Å². The van der Waals surface area contributed by atoms with Crippen LogP contribution in [0.1, 0.15) is 49.7 Å². The first kappa shape index (κ1) is 16.2. The Morgan fingerprint density at radius 1 is 1.29 bits per heavy atom. The van der Waals surface area contributed by atoms with Crippen molar-refractivity contribution in [2.45, 2.75) is 46.2 Å². The van der Waals surface area contributed by atoms with E-state index in [4.69, 9.17) is 0 Å². The number of nitrogens with one attached hydrogen (secondary N) is 1. The number of nitrogens with zero attached hydrogens (tertiary/aromatic N) is 2. The third kappa shape index (κ3) is 4.17. The predicted molar refractivity (Wildman–Crippen MR) is 91.6 cm³/mol. The molecule has 3 nitrogen and oxygen atoms in total. The molecule has 0 fully saturated rings. The average Bonchev–Trinajstić information content (AvgIpc) is 2.87. The minimum Gasteiger partial charge on any atom is -0.310 e. The Morgan fingerprint density at radius 2 is 2.05 bits per heavy atom. The van der Waals surface area contributed by atoms with E-state index >= 15 is 0 Å². The number of hydrogen-bond donors (Lipinski definition) is 1. The fourth-order valence-corrected chi connectivity index (χ4v) is 3.21. The molecule has 1 heterocycles. The molecule has 0 aliphatic heterocycles. The zero-order valence-corrected chi connectivity index (χ0v) is 14.8. The highest BCUT2D eigenvalue weighted by Crippen LogP contribution is 2.27. The van der Waals surface area contributed by atoms with Crippen LogP contribution in [-0.2, 0) is 6.42 Å². The second kappa shape index (κ2) is 7.23. The average molecular weight is 350 g/mol. The van der Waals surface area contributed by atoms with Gasteiger partial charge >= 0.3 is 0 Å². The second-order valence-corrected chi connectivity index (χ2v) is 6.57. The van der Waals surface area contributed by atoms with Gasteiger partial charge in [0.15, 0.2) is 0 Å². The van der Waals surface area contributed by atoms with E-state index in [9.17, 15) is 0 Å².